The summed E-state index contributed by atoms with van der Waals surface area (Å²) in [6.07, 6.45) is 4.71. The van der Waals surface area contributed by atoms with E-state index in [2.05, 4.69) is 5.32 Å². The molecule has 1 N–H and O–H groups in total. The highest BCUT2D eigenvalue weighted by molar-refractivity contribution is 5.96. The van der Waals surface area contributed by atoms with Crippen molar-refractivity contribution in [1.29, 1.82) is 0 Å². The summed E-state index contributed by atoms with van der Waals surface area (Å²) in [6, 6.07) is -0.0549. The number of nitro groups is 1. The van der Waals surface area contributed by atoms with E-state index < -0.39 is 17.3 Å². The smallest absolute Gasteiger partial charge is 0.267 e. The number of ether oxygens (including phenoxy) is 1. The summed E-state index contributed by atoms with van der Waals surface area (Å²) in [6.45, 7) is -0.679. The lowest BCUT2D eigenvalue weighted by Gasteiger charge is -2.07. The number of Topliss-reactive ketones (excluding diaryl/α,β-unsaturated/α-hetero) is 1. The van der Waals surface area contributed by atoms with Gasteiger partial charge in [0.15, 0.2) is 0 Å². The minimum absolute atomic E-state index is 0.0549. The summed E-state index contributed by atoms with van der Waals surface area (Å²) < 4.78 is 5.12. The van der Waals surface area contributed by atoms with E-state index in [0.717, 1.165) is 0 Å². The third-order valence-electron chi connectivity index (χ3n) is 2.10. The molecule has 2 rings (SSSR count). The number of carbonyl (C=O) groups is 1. The van der Waals surface area contributed by atoms with Gasteiger partial charge in [0.25, 0.3) is 6.54 Å². The topological polar surface area (TPSA) is 81.5 Å². The van der Waals surface area contributed by atoms with Gasteiger partial charge in [0, 0.05) is 4.92 Å². The molecule has 2 heterocycles. The minimum atomic E-state index is -0.679. The Morgan fingerprint density at radius 3 is 3.14 bits per heavy atom. The van der Waals surface area contributed by atoms with Gasteiger partial charge in [-0.3, -0.25) is 14.9 Å². The zero-order valence-electron chi connectivity index (χ0n) is 7.17. The van der Waals surface area contributed by atoms with E-state index in [0.29, 0.717) is 0 Å². The monoisotopic (exact) mass is 196 g/mol. The van der Waals surface area contributed by atoms with E-state index >= 15 is 0 Å². The van der Waals surface area contributed by atoms with Gasteiger partial charge in [0.1, 0.15) is 6.10 Å². The Morgan fingerprint density at radius 2 is 2.50 bits per heavy atom. The van der Waals surface area contributed by atoms with Crippen LogP contribution < -0.4 is 5.32 Å². The predicted molar refractivity (Wildman–Crippen MR) is 45.9 cm³/mol. The van der Waals surface area contributed by atoms with Crippen LogP contribution in [-0.2, 0) is 9.53 Å². The molecule has 0 fully saturated rings. The van der Waals surface area contributed by atoms with Gasteiger partial charge in [-0.15, -0.1) is 0 Å². The Hall–Kier alpha value is -1.85. The first-order valence-corrected chi connectivity index (χ1v) is 4.12. The van der Waals surface area contributed by atoms with Crippen molar-refractivity contribution in [3.8, 4) is 0 Å². The molecule has 6 heteroatoms. The molecular weight excluding hydrogens is 188 g/mol. The molecule has 2 unspecified atom stereocenters. The molecule has 0 aliphatic carbocycles. The molecule has 0 saturated heterocycles. The Labute approximate surface area is 79.4 Å². The Kier molecular flexibility index (Phi) is 1.95. The zero-order chi connectivity index (χ0) is 10.1. The van der Waals surface area contributed by atoms with Gasteiger partial charge >= 0.3 is 0 Å². The number of hydrogen-bond donors (Lipinski definition) is 1. The second kappa shape index (κ2) is 3.13. The van der Waals surface area contributed by atoms with Crippen molar-refractivity contribution in [3.05, 3.63) is 34.2 Å². The molecule has 2 aliphatic heterocycles. The van der Waals surface area contributed by atoms with E-state index in [4.69, 9.17) is 4.74 Å². The first kappa shape index (κ1) is 8.74. The van der Waals surface area contributed by atoms with E-state index in [1.54, 1.807) is 18.4 Å². The molecular formula is C8H8N2O4. The van der Waals surface area contributed by atoms with Crippen LogP contribution in [0.1, 0.15) is 0 Å². The van der Waals surface area contributed by atoms with Crippen LogP contribution in [0.25, 0.3) is 0 Å². The maximum atomic E-state index is 11.2. The molecule has 0 amide bonds. The zero-order valence-corrected chi connectivity index (χ0v) is 7.17. The first-order chi connectivity index (χ1) is 6.66. The number of nitrogens with zero attached hydrogens (tertiary/aromatic N) is 1. The molecule has 0 bridgehead atoms. The van der Waals surface area contributed by atoms with E-state index in [1.807, 2.05) is 0 Å². The molecule has 2 aliphatic rings. The average molecular weight is 196 g/mol. The normalized spacial score (nSPS) is 27.6. The maximum absolute atomic E-state index is 11.2. The minimum Gasteiger partial charge on any atom is -0.492 e. The lowest BCUT2D eigenvalue weighted by Crippen LogP contribution is -2.30. The summed E-state index contributed by atoms with van der Waals surface area (Å²) in [5.74, 6) is -0.513. The molecule has 0 aromatic heterocycles. The number of hydrogen-bond acceptors (Lipinski definition) is 5. The van der Waals surface area contributed by atoms with Gasteiger partial charge in [0.05, 0.1) is 18.0 Å². The van der Waals surface area contributed by atoms with Crippen LogP contribution in [0.3, 0.4) is 0 Å². The maximum Gasteiger partial charge on any atom is 0.267 e. The third kappa shape index (κ3) is 1.46. The van der Waals surface area contributed by atoms with Crippen molar-refractivity contribution >= 4 is 5.78 Å². The van der Waals surface area contributed by atoms with Crippen LogP contribution in [0.5, 0.6) is 0 Å². The molecule has 0 aromatic carbocycles. The second-order valence-corrected chi connectivity index (χ2v) is 3.09. The highest BCUT2D eigenvalue weighted by Gasteiger charge is 2.33. The summed E-state index contributed by atoms with van der Waals surface area (Å²) in [5.41, 5.74) is 0.279. The molecule has 0 radical (unpaired) electrons. The number of nitrogens with one attached hydrogen (secondary N) is 1. The molecule has 0 spiro atoms. The van der Waals surface area contributed by atoms with E-state index in [-0.39, 0.29) is 17.8 Å². The summed E-state index contributed by atoms with van der Waals surface area (Å²) in [4.78, 5) is 20.7. The second-order valence-electron chi connectivity index (χ2n) is 3.09. The van der Waals surface area contributed by atoms with Crippen LogP contribution in [0, 0.1) is 10.1 Å². The SMILES string of the molecule is O=C(C[N+](=O)[O-])C1=CC2OC=CC2N1. The molecule has 2 atom stereocenters. The fourth-order valence-corrected chi connectivity index (χ4v) is 1.46. The van der Waals surface area contributed by atoms with Gasteiger partial charge in [-0.25, -0.2) is 0 Å². The van der Waals surface area contributed by atoms with Crippen LogP contribution in [0.2, 0.25) is 0 Å². The Morgan fingerprint density at radius 1 is 1.71 bits per heavy atom. The van der Waals surface area contributed by atoms with Gasteiger partial charge < -0.3 is 10.1 Å². The average Bonchev–Trinajstić information content (AvgIpc) is 2.58. The highest BCUT2D eigenvalue weighted by Crippen LogP contribution is 2.20. The Balaban J connectivity index is 2.01. The number of carbonyl (C=O) groups excluding carboxylic acids is 1. The predicted octanol–water partition coefficient (Wildman–Crippen LogP) is -0.400. The van der Waals surface area contributed by atoms with Crippen molar-refractivity contribution in [1.82, 2.24) is 5.32 Å². The molecule has 0 aromatic rings. The number of rotatable bonds is 3. The van der Waals surface area contributed by atoms with Gasteiger partial charge in [-0.05, 0) is 12.2 Å². The summed E-state index contributed by atoms with van der Waals surface area (Å²) >= 11 is 0. The van der Waals surface area contributed by atoms with E-state index in [9.17, 15) is 14.9 Å². The quantitative estimate of drug-likeness (QED) is 0.490. The number of fused-ring (bicyclic) bond motifs is 1. The van der Waals surface area contributed by atoms with Crippen molar-refractivity contribution in [2.45, 2.75) is 12.1 Å². The lowest BCUT2D eigenvalue weighted by molar-refractivity contribution is -0.466. The van der Waals surface area contributed by atoms with Crippen molar-refractivity contribution in [2.75, 3.05) is 6.54 Å². The van der Waals surface area contributed by atoms with Gasteiger partial charge in [-0.2, -0.15) is 0 Å². The molecule has 74 valence electrons. The Bertz CT molecular complexity index is 347. The largest absolute Gasteiger partial charge is 0.492 e. The first-order valence-electron chi connectivity index (χ1n) is 4.12. The molecule has 6 nitrogen and oxygen atoms in total. The van der Waals surface area contributed by atoms with Gasteiger partial charge in [0.2, 0.25) is 5.78 Å². The number of ketones is 1. The van der Waals surface area contributed by atoms with Crippen LogP contribution >= 0.6 is 0 Å². The van der Waals surface area contributed by atoms with Crippen molar-refractivity contribution in [3.63, 3.8) is 0 Å². The summed E-state index contributed by atoms with van der Waals surface area (Å²) in [7, 11) is 0. The van der Waals surface area contributed by atoms with Crippen LogP contribution in [0.15, 0.2) is 24.1 Å². The molecule has 0 saturated carbocycles. The van der Waals surface area contributed by atoms with Gasteiger partial charge in [-0.1, -0.05) is 0 Å². The van der Waals surface area contributed by atoms with E-state index in [1.165, 1.54) is 0 Å². The van der Waals surface area contributed by atoms with Crippen LogP contribution in [0.4, 0.5) is 0 Å². The van der Waals surface area contributed by atoms with Crippen molar-refractivity contribution < 1.29 is 14.5 Å². The third-order valence-corrected chi connectivity index (χ3v) is 2.10. The van der Waals surface area contributed by atoms with Crippen molar-refractivity contribution in [2.24, 2.45) is 0 Å². The fourth-order valence-electron chi connectivity index (χ4n) is 1.46. The standard InChI is InChI=1S/C8H8N2O4/c11-7(4-10(12)13)6-3-8-5(9-6)1-2-14-8/h1-3,5,8-9H,4H2. The lowest BCUT2D eigenvalue weighted by atomic mass is 10.2. The fraction of sp³-hybridized carbons (Fsp3) is 0.375. The summed E-state index contributed by atoms with van der Waals surface area (Å²) in [5, 5.41) is 13.0. The highest BCUT2D eigenvalue weighted by atomic mass is 16.6. The molecule has 14 heavy (non-hydrogen) atoms. The van der Waals surface area contributed by atoms with Crippen LogP contribution in [-0.4, -0.2) is 29.4 Å².